The zero-order valence-corrected chi connectivity index (χ0v) is 17.6. The Labute approximate surface area is 185 Å². The fraction of sp³-hybridized carbons (Fsp3) is 0. The summed E-state index contributed by atoms with van der Waals surface area (Å²) in [6, 6.07) is 20.6. The number of thiazole rings is 1. The van der Waals surface area contributed by atoms with E-state index in [2.05, 4.69) is 0 Å². The minimum absolute atomic E-state index is 0.0269. The van der Waals surface area contributed by atoms with E-state index in [1.165, 1.54) is 11.3 Å². The monoisotopic (exact) mass is 447 g/mol. The Bertz CT molecular complexity index is 1480. The number of hydrogen-bond acceptors (Lipinski definition) is 4. The molecule has 2 aromatic heterocycles. The normalized spacial score (nSPS) is 12.4. The van der Waals surface area contributed by atoms with E-state index in [4.69, 9.17) is 33.3 Å². The summed E-state index contributed by atoms with van der Waals surface area (Å²) < 4.78 is 2.74. The molecule has 144 valence electrons. The molecule has 5 aromatic rings. The van der Waals surface area contributed by atoms with Crippen molar-refractivity contribution in [3.8, 4) is 27.6 Å². The van der Waals surface area contributed by atoms with Crippen LogP contribution in [0.4, 0.5) is 0 Å². The van der Waals surface area contributed by atoms with Crippen LogP contribution in [0.1, 0.15) is 15.9 Å². The minimum atomic E-state index is -0.0269. The molecule has 0 unspecified atom stereocenters. The van der Waals surface area contributed by atoms with Gasteiger partial charge < -0.3 is 0 Å². The lowest BCUT2D eigenvalue weighted by Gasteiger charge is -2.03. The number of aromatic nitrogens is 3. The molecule has 0 fully saturated rings. The summed E-state index contributed by atoms with van der Waals surface area (Å²) in [5.41, 5.74) is 5.20. The number of fused-ring (bicyclic) bond motifs is 4. The molecule has 0 atom stereocenters. The fourth-order valence-corrected chi connectivity index (χ4v) is 5.16. The molecule has 0 saturated heterocycles. The number of nitrogens with zero attached hydrogens (tertiary/aromatic N) is 3. The topological polar surface area (TPSA) is 47.8 Å². The fourth-order valence-electron chi connectivity index (χ4n) is 3.83. The summed E-state index contributed by atoms with van der Waals surface area (Å²) in [4.78, 5) is 18.0. The van der Waals surface area contributed by atoms with Gasteiger partial charge >= 0.3 is 0 Å². The SMILES string of the molecule is O=C1c2ccccc2-c2c1c(-c1ccc(Cl)cc1)nn2-c1nc2ccc(Cl)cc2s1. The summed E-state index contributed by atoms with van der Waals surface area (Å²) in [6.07, 6.45) is 0. The molecular formula is C23H11Cl2N3OS. The molecule has 1 aliphatic carbocycles. The number of halogens is 2. The van der Waals surface area contributed by atoms with E-state index in [-0.39, 0.29) is 5.78 Å². The van der Waals surface area contributed by atoms with Crippen LogP contribution in [0.15, 0.2) is 66.7 Å². The lowest BCUT2D eigenvalue weighted by atomic mass is 10.0. The van der Waals surface area contributed by atoms with E-state index in [0.717, 1.165) is 27.0 Å². The highest BCUT2D eigenvalue weighted by Crippen LogP contribution is 2.43. The Morgan fingerprint density at radius 2 is 1.60 bits per heavy atom. The molecule has 0 N–H and O–H groups in total. The Balaban J connectivity index is 1.66. The Hall–Kier alpha value is -2.99. The first-order chi connectivity index (χ1) is 14.6. The van der Waals surface area contributed by atoms with Crippen LogP contribution in [0.3, 0.4) is 0 Å². The van der Waals surface area contributed by atoms with Gasteiger partial charge in [-0.15, -0.1) is 0 Å². The zero-order chi connectivity index (χ0) is 20.4. The Morgan fingerprint density at radius 1 is 0.867 bits per heavy atom. The average molecular weight is 448 g/mol. The highest BCUT2D eigenvalue weighted by molar-refractivity contribution is 7.20. The quantitative estimate of drug-likeness (QED) is 0.297. The highest BCUT2D eigenvalue weighted by Gasteiger charge is 2.35. The molecule has 2 heterocycles. The summed E-state index contributed by atoms with van der Waals surface area (Å²) in [6.45, 7) is 0. The average Bonchev–Trinajstić information content (AvgIpc) is 3.42. The van der Waals surface area contributed by atoms with E-state index in [1.54, 1.807) is 16.8 Å². The Kier molecular flexibility index (Phi) is 3.87. The standard InChI is InChI=1S/C23H11Cl2N3OS/c24-13-7-5-12(6-8-13)20-19-21(15-3-1-2-4-16(15)22(19)29)28(27-20)23-26-17-10-9-14(25)11-18(17)30-23/h1-11H. The van der Waals surface area contributed by atoms with Crippen LogP contribution in [0.5, 0.6) is 0 Å². The van der Waals surface area contributed by atoms with Crippen molar-refractivity contribution in [1.82, 2.24) is 14.8 Å². The number of hydrogen-bond donors (Lipinski definition) is 0. The molecule has 0 amide bonds. The maximum absolute atomic E-state index is 13.3. The van der Waals surface area contributed by atoms with Crippen molar-refractivity contribution < 1.29 is 4.79 Å². The van der Waals surface area contributed by atoms with E-state index >= 15 is 0 Å². The van der Waals surface area contributed by atoms with Gasteiger partial charge in [-0.3, -0.25) is 4.79 Å². The molecule has 30 heavy (non-hydrogen) atoms. The third kappa shape index (κ3) is 2.56. The molecule has 0 bridgehead atoms. The van der Waals surface area contributed by atoms with Crippen LogP contribution in [0.2, 0.25) is 10.0 Å². The predicted octanol–water partition coefficient (Wildman–Crippen LogP) is 6.67. The summed E-state index contributed by atoms with van der Waals surface area (Å²) in [5, 5.41) is 6.81. The van der Waals surface area contributed by atoms with E-state index in [9.17, 15) is 4.79 Å². The van der Waals surface area contributed by atoms with E-state index in [1.807, 2.05) is 54.6 Å². The minimum Gasteiger partial charge on any atom is -0.288 e. The summed E-state index contributed by atoms with van der Waals surface area (Å²) in [5.74, 6) is -0.0269. The van der Waals surface area contributed by atoms with Gasteiger partial charge in [0.05, 0.1) is 21.5 Å². The van der Waals surface area contributed by atoms with E-state index < -0.39 is 0 Å². The lowest BCUT2D eigenvalue weighted by Crippen LogP contribution is -1.99. The van der Waals surface area contributed by atoms with Crippen molar-refractivity contribution >= 4 is 50.5 Å². The lowest BCUT2D eigenvalue weighted by molar-refractivity contribution is 0.104. The first-order valence-electron chi connectivity index (χ1n) is 9.20. The van der Waals surface area contributed by atoms with Crippen molar-refractivity contribution in [1.29, 1.82) is 0 Å². The summed E-state index contributed by atoms with van der Waals surface area (Å²) in [7, 11) is 0. The van der Waals surface area contributed by atoms with Crippen molar-refractivity contribution in [3.63, 3.8) is 0 Å². The Morgan fingerprint density at radius 3 is 2.40 bits per heavy atom. The van der Waals surface area contributed by atoms with Gasteiger partial charge in [-0.1, -0.05) is 70.9 Å². The third-order valence-electron chi connectivity index (χ3n) is 5.18. The number of benzene rings is 3. The van der Waals surface area contributed by atoms with Crippen LogP contribution >= 0.6 is 34.5 Å². The number of carbonyl (C=O) groups is 1. The van der Waals surface area contributed by atoms with Crippen LogP contribution in [0, 0.1) is 0 Å². The molecule has 3 aromatic carbocycles. The third-order valence-corrected chi connectivity index (χ3v) is 6.66. The van der Waals surface area contributed by atoms with Crippen molar-refractivity contribution in [2.24, 2.45) is 0 Å². The molecular weight excluding hydrogens is 437 g/mol. The largest absolute Gasteiger partial charge is 0.288 e. The second kappa shape index (κ2) is 6.51. The van der Waals surface area contributed by atoms with Crippen LogP contribution < -0.4 is 0 Å². The molecule has 0 radical (unpaired) electrons. The molecule has 4 nitrogen and oxygen atoms in total. The second-order valence-electron chi connectivity index (χ2n) is 6.97. The van der Waals surface area contributed by atoms with Gasteiger partial charge in [-0.25, -0.2) is 9.67 Å². The van der Waals surface area contributed by atoms with Crippen LogP contribution in [0.25, 0.3) is 37.9 Å². The number of carbonyl (C=O) groups excluding carboxylic acids is 1. The van der Waals surface area contributed by atoms with Gasteiger partial charge in [0.1, 0.15) is 5.69 Å². The van der Waals surface area contributed by atoms with E-state index in [0.29, 0.717) is 32.0 Å². The molecule has 0 aliphatic heterocycles. The smallest absolute Gasteiger partial charge is 0.212 e. The van der Waals surface area contributed by atoms with Gasteiger partial charge in [0.25, 0.3) is 0 Å². The summed E-state index contributed by atoms with van der Waals surface area (Å²) >= 11 is 13.7. The van der Waals surface area contributed by atoms with Crippen molar-refractivity contribution in [2.45, 2.75) is 0 Å². The maximum Gasteiger partial charge on any atom is 0.212 e. The maximum atomic E-state index is 13.3. The zero-order valence-electron chi connectivity index (χ0n) is 15.3. The highest BCUT2D eigenvalue weighted by atomic mass is 35.5. The van der Waals surface area contributed by atoms with Gasteiger partial charge in [-0.2, -0.15) is 5.10 Å². The van der Waals surface area contributed by atoms with Crippen LogP contribution in [-0.2, 0) is 0 Å². The van der Waals surface area contributed by atoms with Crippen molar-refractivity contribution in [2.75, 3.05) is 0 Å². The number of ketones is 1. The van der Waals surface area contributed by atoms with Gasteiger partial charge in [0.15, 0.2) is 5.78 Å². The van der Waals surface area contributed by atoms with Crippen LogP contribution in [-0.4, -0.2) is 20.5 Å². The number of rotatable bonds is 2. The molecule has 0 saturated carbocycles. The van der Waals surface area contributed by atoms with Gasteiger partial charge in [-0.05, 0) is 30.3 Å². The van der Waals surface area contributed by atoms with Gasteiger partial charge in [0, 0.05) is 26.7 Å². The van der Waals surface area contributed by atoms with Crippen molar-refractivity contribution in [3.05, 3.63) is 87.9 Å². The molecule has 6 rings (SSSR count). The first-order valence-corrected chi connectivity index (χ1v) is 10.8. The molecule has 0 spiro atoms. The molecule has 7 heteroatoms. The first kappa shape index (κ1) is 17.8. The predicted molar refractivity (Wildman–Crippen MR) is 121 cm³/mol. The van der Waals surface area contributed by atoms with Gasteiger partial charge in [0.2, 0.25) is 5.13 Å². The molecule has 1 aliphatic rings. The second-order valence-corrected chi connectivity index (χ2v) is 8.86.